The van der Waals surface area contributed by atoms with Crippen molar-refractivity contribution in [2.24, 2.45) is 0 Å². The van der Waals surface area contributed by atoms with Gasteiger partial charge in [-0.1, -0.05) is 6.42 Å². The zero-order chi connectivity index (χ0) is 8.32. The van der Waals surface area contributed by atoms with E-state index in [0.29, 0.717) is 0 Å². The Labute approximate surface area is 72.7 Å². The van der Waals surface area contributed by atoms with Crippen molar-refractivity contribution < 1.29 is 9.53 Å². The van der Waals surface area contributed by atoms with E-state index < -0.39 is 4.93 Å². The predicted octanol–water partition coefficient (Wildman–Crippen LogP) is 2.14. The summed E-state index contributed by atoms with van der Waals surface area (Å²) >= 11 is 4.35. The van der Waals surface area contributed by atoms with Gasteiger partial charge in [0.15, 0.2) is 4.93 Å². The predicted molar refractivity (Wildman–Crippen MR) is 46.6 cm³/mol. The molecule has 64 valence electrons. The molecule has 1 fully saturated rings. The van der Waals surface area contributed by atoms with Gasteiger partial charge in [-0.15, -0.1) is 12.6 Å². The fraction of sp³-hybridized carbons (Fsp3) is 0.875. The Kier molecular flexibility index (Phi) is 2.82. The molecule has 2 nitrogen and oxygen atoms in total. The molecule has 11 heavy (non-hydrogen) atoms. The highest BCUT2D eigenvalue weighted by Gasteiger charge is 2.30. The summed E-state index contributed by atoms with van der Waals surface area (Å²) in [4.78, 5) is 10.2. The molecule has 0 radical (unpaired) electrons. The molecular weight excluding hydrogens is 160 g/mol. The van der Waals surface area contributed by atoms with Crippen molar-refractivity contribution in [3.63, 3.8) is 0 Å². The molecule has 3 heteroatoms. The van der Waals surface area contributed by atoms with Crippen LogP contribution in [0.1, 0.15) is 39.0 Å². The number of hydrogen-bond acceptors (Lipinski definition) is 3. The molecule has 0 aromatic carbocycles. The molecule has 0 atom stereocenters. The fourth-order valence-corrected chi connectivity index (χ4v) is 1.92. The number of ether oxygens (including phenoxy) is 1. The summed E-state index contributed by atoms with van der Waals surface area (Å²) in [7, 11) is 0. The molecule has 0 spiro atoms. The first-order valence-electron chi connectivity index (χ1n) is 4.04. The van der Waals surface area contributed by atoms with Crippen molar-refractivity contribution in [1.82, 2.24) is 0 Å². The van der Waals surface area contributed by atoms with Gasteiger partial charge in [-0.05, 0) is 25.7 Å². The van der Waals surface area contributed by atoms with Crippen LogP contribution in [-0.2, 0) is 9.53 Å². The van der Waals surface area contributed by atoms with Crippen LogP contribution < -0.4 is 0 Å². The highest BCUT2D eigenvalue weighted by molar-refractivity contribution is 7.81. The lowest BCUT2D eigenvalue weighted by Gasteiger charge is -2.31. The van der Waals surface area contributed by atoms with Gasteiger partial charge in [0.1, 0.15) is 0 Å². The minimum atomic E-state index is -0.454. The van der Waals surface area contributed by atoms with Gasteiger partial charge < -0.3 is 4.74 Å². The number of thiol groups is 1. The largest absolute Gasteiger partial charge is 0.448 e. The van der Waals surface area contributed by atoms with E-state index in [9.17, 15) is 4.79 Å². The summed E-state index contributed by atoms with van der Waals surface area (Å²) in [6.07, 6.45) is 5.28. The first-order valence-corrected chi connectivity index (χ1v) is 4.49. The van der Waals surface area contributed by atoms with Crippen molar-refractivity contribution in [3.05, 3.63) is 0 Å². The van der Waals surface area contributed by atoms with Gasteiger partial charge in [0.05, 0.1) is 0 Å². The Morgan fingerprint density at radius 1 is 1.36 bits per heavy atom. The highest BCUT2D eigenvalue weighted by Crippen LogP contribution is 2.34. The van der Waals surface area contributed by atoms with Gasteiger partial charge in [0.2, 0.25) is 0 Å². The molecule has 1 aliphatic rings. The average Bonchev–Trinajstić information content (AvgIpc) is 1.85. The smallest absolute Gasteiger partial charge is 0.304 e. The maximum atomic E-state index is 10.6. The van der Waals surface area contributed by atoms with Gasteiger partial charge in [0.25, 0.3) is 0 Å². The molecule has 0 aromatic rings. The lowest BCUT2D eigenvalue weighted by atomic mass is 9.97. The zero-order valence-electron chi connectivity index (χ0n) is 6.80. The van der Waals surface area contributed by atoms with Gasteiger partial charge in [-0.3, -0.25) is 4.79 Å². The molecule has 0 bridgehead atoms. The first-order chi connectivity index (χ1) is 5.12. The summed E-state index contributed by atoms with van der Waals surface area (Å²) in [5.41, 5.74) is 0. The van der Waals surface area contributed by atoms with E-state index in [1.165, 1.54) is 13.3 Å². The molecular formula is C8H14O2S. The molecule has 1 rings (SSSR count). The van der Waals surface area contributed by atoms with Gasteiger partial charge in [0, 0.05) is 6.92 Å². The van der Waals surface area contributed by atoms with Crippen LogP contribution in [0.3, 0.4) is 0 Å². The Hall–Kier alpha value is -0.180. The number of rotatable bonds is 1. The summed E-state index contributed by atoms with van der Waals surface area (Å²) in [5.74, 6) is -0.220. The lowest BCUT2D eigenvalue weighted by Crippen LogP contribution is -2.30. The number of esters is 1. The maximum absolute atomic E-state index is 10.6. The van der Waals surface area contributed by atoms with Gasteiger partial charge in [-0.25, -0.2) is 0 Å². The maximum Gasteiger partial charge on any atom is 0.304 e. The molecule has 1 aliphatic carbocycles. The second kappa shape index (κ2) is 3.48. The van der Waals surface area contributed by atoms with E-state index in [1.807, 2.05) is 0 Å². The van der Waals surface area contributed by atoms with Crippen LogP contribution in [0, 0.1) is 0 Å². The Morgan fingerprint density at radius 2 is 1.91 bits per heavy atom. The Balaban J connectivity index is 2.43. The minimum absolute atomic E-state index is 0.220. The van der Waals surface area contributed by atoms with Crippen molar-refractivity contribution in [1.29, 1.82) is 0 Å². The quantitative estimate of drug-likeness (QED) is 0.374. The van der Waals surface area contributed by atoms with E-state index in [4.69, 9.17) is 4.74 Å². The summed E-state index contributed by atoms with van der Waals surface area (Å²) < 4.78 is 5.10. The van der Waals surface area contributed by atoms with Crippen LogP contribution in [0.25, 0.3) is 0 Å². The third-order valence-electron chi connectivity index (χ3n) is 1.97. The normalized spacial score (nSPS) is 22.7. The van der Waals surface area contributed by atoms with E-state index in [1.54, 1.807) is 0 Å². The molecule has 0 heterocycles. The molecule has 0 N–H and O–H groups in total. The molecule has 0 saturated heterocycles. The van der Waals surface area contributed by atoms with Crippen molar-refractivity contribution in [2.75, 3.05) is 0 Å². The molecule has 0 unspecified atom stereocenters. The Morgan fingerprint density at radius 3 is 2.36 bits per heavy atom. The molecule has 0 aromatic heterocycles. The lowest BCUT2D eigenvalue weighted by molar-refractivity contribution is -0.150. The average molecular weight is 174 g/mol. The summed E-state index contributed by atoms with van der Waals surface area (Å²) in [6, 6.07) is 0. The van der Waals surface area contributed by atoms with Crippen LogP contribution in [0.15, 0.2) is 0 Å². The van der Waals surface area contributed by atoms with Crippen LogP contribution in [0.5, 0.6) is 0 Å². The Bertz CT molecular complexity index is 150. The van der Waals surface area contributed by atoms with E-state index in [2.05, 4.69) is 12.6 Å². The van der Waals surface area contributed by atoms with E-state index >= 15 is 0 Å². The van der Waals surface area contributed by atoms with Crippen LogP contribution >= 0.6 is 12.6 Å². The van der Waals surface area contributed by atoms with Gasteiger partial charge >= 0.3 is 5.97 Å². The van der Waals surface area contributed by atoms with E-state index in [-0.39, 0.29) is 5.97 Å². The van der Waals surface area contributed by atoms with Gasteiger partial charge in [-0.2, -0.15) is 0 Å². The number of carbonyl (C=O) groups excluding carboxylic acids is 1. The summed E-state index contributed by atoms with van der Waals surface area (Å²) in [5, 5.41) is 0. The molecule has 0 aliphatic heterocycles. The molecule has 0 amide bonds. The molecule has 1 saturated carbocycles. The van der Waals surface area contributed by atoms with Crippen LogP contribution in [-0.4, -0.2) is 10.9 Å². The second-order valence-corrected chi connectivity index (χ2v) is 3.92. The van der Waals surface area contributed by atoms with Crippen LogP contribution in [0.2, 0.25) is 0 Å². The number of carbonyl (C=O) groups is 1. The fourth-order valence-electron chi connectivity index (χ4n) is 1.47. The highest BCUT2D eigenvalue weighted by atomic mass is 32.1. The van der Waals surface area contributed by atoms with Crippen LogP contribution in [0.4, 0.5) is 0 Å². The summed E-state index contributed by atoms with van der Waals surface area (Å²) in [6.45, 7) is 1.44. The number of hydrogen-bond donors (Lipinski definition) is 1. The SMILES string of the molecule is CC(=O)OC1(S)CCCCC1. The van der Waals surface area contributed by atoms with Crippen molar-refractivity contribution in [2.45, 2.75) is 44.0 Å². The first kappa shape index (κ1) is 8.91. The zero-order valence-corrected chi connectivity index (χ0v) is 7.69. The third kappa shape index (κ3) is 2.73. The minimum Gasteiger partial charge on any atom is -0.448 e. The standard InChI is InChI=1S/C8H14O2S/c1-7(9)10-8(11)5-3-2-4-6-8/h11H,2-6H2,1H3. The van der Waals surface area contributed by atoms with Crippen molar-refractivity contribution >= 4 is 18.6 Å². The third-order valence-corrected chi connectivity index (χ3v) is 2.51. The topological polar surface area (TPSA) is 26.3 Å². The second-order valence-electron chi connectivity index (χ2n) is 3.10. The monoisotopic (exact) mass is 174 g/mol. The van der Waals surface area contributed by atoms with Crippen molar-refractivity contribution in [3.8, 4) is 0 Å². The van der Waals surface area contributed by atoms with E-state index in [0.717, 1.165) is 25.7 Å².